The molecule has 1 unspecified atom stereocenters. The Balaban J connectivity index is 1.36. The first-order chi connectivity index (χ1) is 14.1. The van der Waals surface area contributed by atoms with Crippen molar-refractivity contribution in [3.05, 3.63) is 48.3 Å². The summed E-state index contributed by atoms with van der Waals surface area (Å²) in [5.41, 5.74) is 2.68. The van der Waals surface area contributed by atoms with Crippen LogP contribution in [0.4, 0.5) is 11.4 Å². The number of anilines is 2. The van der Waals surface area contributed by atoms with Crippen LogP contribution in [0, 0.1) is 0 Å². The molecule has 0 bridgehead atoms. The van der Waals surface area contributed by atoms with E-state index in [-0.39, 0.29) is 18.6 Å². The van der Waals surface area contributed by atoms with Gasteiger partial charge in [-0.3, -0.25) is 4.79 Å². The fourth-order valence-electron chi connectivity index (χ4n) is 3.62. The zero-order chi connectivity index (χ0) is 20.0. The molecular weight excluding hydrogens is 372 g/mol. The molecule has 2 aromatic carbocycles. The van der Waals surface area contributed by atoms with E-state index in [4.69, 9.17) is 14.0 Å². The minimum atomic E-state index is -0.123. The fourth-order valence-corrected chi connectivity index (χ4v) is 3.62. The van der Waals surface area contributed by atoms with Crippen molar-refractivity contribution in [1.29, 1.82) is 0 Å². The molecule has 3 heterocycles. The summed E-state index contributed by atoms with van der Waals surface area (Å²) in [6.45, 7) is 0.700. The molecule has 0 aliphatic carbocycles. The Labute approximate surface area is 167 Å². The summed E-state index contributed by atoms with van der Waals surface area (Å²) in [4.78, 5) is 20.9. The highest BCUT2D eigenvalue weighted by molar-refractivity contribution is 5.96. The number of carbonyl (C=O) groups is 1. The monoisotopic (exact) mass is 392 g/mol. The molecule has 0 N–H and O–H groups in total. The maximum absolute atomic E-state index is 12.6. The largest absolute Gasteiger partial charge is 0.454 e. The second-order valence-corrected chi connectivity index (χ2v) is 7.35. The van der Waals surface area contributed by atoms with Crippen LogP contribution >= 0.6 is 0 Å². The van der Waals surface area contributed by atoms with Gasteiger partial charge in [-0.15, -0.1) is 0 Å². The molecule has 1 saturated heterocycles. The number of hydrogen-bond acceptors (Lipinski definition) is 7. The summed E-state index contributed by atoms with van der Waals surface area (Å²) >= 11 is 0. The number of aromatic nitrogens is 2. The van der Waals surface area contributed by atoms with Crippen molar-refractivity contribution >= 4 is 17.3 Å². The molecule has 1 aromatic heterocycles. The lowest BCUT2D eigenvalue weighted by atomic mass is 10.1. The van der Waals surface area contributed by atoms with Gasteiger partial charge in [-0.25, -0.2) is 0 Å². The molecular formula is C21H20N4O4. The molecule has 2 aliphatic rings. The van der Waals surface area contributed by atoms with Crippen LogP contribution in [0.15, 0.2) is 47.0 Å². The van der Waals surface area contributed by atoms with Gasteiger partial charge in [0.15, 0.2) is 17.3 Å². The summed E-state index contributed by atoms with van der Waals surface area (Å²) in [7, 11) is 3.96. The van der Waals surface area contributed by atoms with Crippen molar-refractivity contribution in [1.82, 2.24) is 10.1 Å². The lowest BCUT2D eigenvalue weighted by molar-refractivity contribution is -0.117. The number of benzene rings is 2. The van der Waals surface area contributed by atoms with Gasteiger partial charge in [0.25, 0.3) is 5.89 Å². The average Bonchev–Trinajstić information content (AvgIpc) is 3.46. The van der Waals surface area contributed by atoms with Crippen LogP contribution < -0.4 is 19.3 Å². The summed E-state index contributed by atoms with van der Waals surface area (Å²) in [6, 6.07) is 13.4. The molecule has 0 spiro atoms. The summed E-state index contributed by atoms with van der Waals surface area (Å²) in [5.74, 6) is 2.25. The predicted octanol–water partition coefficient (Wildman–Crippen LogP) is 3.05. The molecule has 8 heteroatoms. The van der Waals surface area contributed by atoms with E-state index < -0.39 is 0 Å². The van der Waals surface area contributed by atoms with E-state index in [0.717, 1.165) is 16.9 Å². The smallest absolute Gasteiger partial charge is 0.258 e. The highest BCUT2D eigenvalue weighted by Crippen LogP contribution is 2.38. The number of hydrogen-bond donors (Lipinski definition) is 0. The Hall–Kier alpha value is -3.55. The average molecular weight is 392 g/mol. The number of amides is 1. The van der Waals surface area contributed by atoms with Crippen molar-refractivity contribution in [2.24, 2.45) is 0 Å². The van der Waals surface area contributed by atoms with Gasteiger partial charge in [0.2, 0.25) is 12.7 Å². The Morgan fingerprint density at radius 1 is 1.10 bits per heavy atom. The number of fused-ring (bicyclic) bond motifs is 1. The van der Waals surface area contributed by atoms with Crippen molar-refractivity contribution in [2.45, 2.75) is 12.3 Å². The van der Waals surface area contributed by atoms with Crippen LogP contribution in [0.5, 0.6) is 11.5 Å². The Morgan fingerprint density at radius 2 is 1.97 bits per heavy atom. The Kier molecular flexibility index (Phi) is 4.12. The maximum Gasteiger partial charge on any atom is 0.258 e. The number of nitrogens with zero attached hydrogens (tertiary/aromatic N) is 4. The summed E-state index contributed by atoms with van der Waals surface area (Å²) in [6.07, 6.45) is 0.338. The molecule has 5 rings (SSSR count). The molecule has 1 fully saturated rings. The zero-order valence-electron chi connectivity index (χ0n) is 16.2. The van der Waals surface area contributed by atoms with Gasteiger partial charge < -0.3 is 23.8 Å². The molecule has 8 nitrogen and oxygen atoms in total. The van der Waals surface area contributed by atoms with Crippen LogP contribution in [-0.4, -0.2) is 43.5 Å². The molecule has 0 radical (unpaired) electrons. The number of carbonyl (C=O) groups excluding carboxylic acids is 1. The standard InChI is InChI=1S/C21H20N4O4/c1-24(2)15-5-3-4-13(8-15)21-22-20(23-29-21)14-9-19(26)25(11-14)16-6-7-17-18(10-16)28-12-27-17/h3-8,10,14H,9,11-12H2,1-2H3. The van der Waals surface area contributed by atoms with Gasteiger partial charge in [-0.05, 0) is 30.3 Å². The molecule has 1 amide bonds. The van der Waals surface area contributed by atoms with Crippen LogP contribution in [0.3, 0.4) is 0 Å². The normalized spacial score (nSPS) is 17.8. The third kappa shape index (κ3) is 3.16. The van der Waals surface area contributed by atoms with Crippen LogP contribution in [0.2, 0.25) is 0 Å². The highest BCUT2D eigenvalue weighted by Gasteiger charge is 2.35. The minimum Gasteiger partial charge on any atom is -0.454 e. The van der Waals surface area contributed by atoms with Gasteiger partial charge >= 0.3 is 0 Å². The van der Waals surface area contributed by atoms with E-state index in [2.05, 4.69) is 10.1 Å². The minimum absolute atomic E-state index is 0.0230. The zero-order valence-corrected chi connectivity index (χ0v) is 16.2. The predicted molar refractivity (Wildman–Crippen MR) is 106 cm³/mol. The van der Waals surface area contributed by atoms with Crippen molar-refractivity contribution < 1.29 is 18.8 Å². The van der Waals surface area contributed by atoms with E-state index in [1.165, 1.54) is 0 Å². The topological polar surface area (TPSA) is 80.9 Å². The first kappa shape index (κ1) is 17.5. The first-order valence-electron chi connectivity index (χ1n) is 9.40. The van der Waals surface area contributed by atoms with E-state index >= 15 is 0 Å². The SMILES string of the molecule is CN(C)c1cccc(-c2nc(C3CC(=O)N(c4ccc5c(c4)OCO5)C3)no2)c1. The summed E-state index contributed by atoms with van der Waals surface area (Å²) in [5, 5.41) is 4.15. The molecule has 0 saturated carbocycles. The molecule has 2 aliphatic heterocycles. The second-order valence-electron chi connectivity index (χ2n) is 7.35. The van der Waals surface area contributed by atoms with Crippen molar-refractivity contribution in [2.75, 3.05) is 37.2 Å². The van der Waals surface area contributed by atoms with Gasteiger partial charge in [0.05, 0.1) is 0 Å². The molecule has 29 heavy (non-hydrogen) atoms. The van der Waals surface area contributed by atoms with Crippen LogP contribution in [-0.2, 0) is 4.79 Å². The lowest BCUT2D eigenvalue weighted by Crippen LogP contribution is -2.24. The van der Waals surface area contributed by atoms with Crippen molar-refractivity contribution in [3.63, 3.8) is 0 Å². The summed E-state index contributed by atoms with van der Waals surface area (Å²) < 4.78 is 16.2. The van der Waals surface area contributed by atoms with E-state index in [9.17, 15) is 4.79 Å². The third-order valence-corrected chi connectivity index (χ3v) is 5.21. The first-order valence-corrected chi connectivity index (χ1v) is 9.40. The Morgan fingerprint density at radius 3 is 2.83 bits per heavy atom. The lowest BCUT2D eigenvalue weighted by Gasteiger charge is -2.16. The quantitative estimate of drug-likeness (QED) is 0.675. The van der Waals surface area contributed by atoms with E-state index in [1.807, 2.05) is 61.5 Å². The second kappa shape index (κ2) is 6.80. The van der Waals surface area contributed by atoms with Crippen LogP contribution in [0.25, 0.3) is 11.5 Å². The van der Waals surface area contributed by atoms with Crippen molar-refractivity contribution in [3.8, 4) is 23.0 Å². The fraction of sp³-hybridized carbons (Fsp3) is 0.286. The highest BCUT2D eigenvalue weighted by atomic mass is 16.7. The van der Waals surface area contributed by atoms with Gasteiger partial charge in [-0.1, -0.05) is 11.2 Å². The molecule has 148 valence electrons. The maximum atomic E-state index is 12.6. The van der Waals surface area contributed by atoms with Gasteiger partial charge in [-0.2, -0.15) is 4.98 Å². The third-order valence-electron chi connectivity index (χ3n) is 5.21. The van der Waals surface area contributed by atoms with Gasteiger partial charge in [0, 0.05) is 56.0 Å². The number of ether oxygens (including phenoxy) is 2. The van der Waals surface area contributed by atoms with E-state index in [0.29, 0.717) is 36.2 Å². The van der Waals surface area contributed by atoms with Crippen LogP contribution in [0.1, 0.15) is 18.2 Å². The van der Waals surface area contributed by atoms with E-state index in [1.54, 1.807) is 4.90 Å². The van der Waals surface area contributed by atoms with Gasteiger partial charge in [0.1, 0.15) is 0 Å². The molecule has 1 atom stereocenters. The Bertz CT molecular complexity index is 1080. The molecule has 3 aromatic rings. The number of rotatable bonds is 4.